The smallest absolute Gasteiger partial charge is 0.263 e. The van der Waals surface area contributed by atoms with Crippen LogP contribution in [0.25, 0.3) is 6.08 Å². The predicted molar refractivity (Wildman–Crippen MR) is 85.2 cm³/mol. The lowest BCUT2D eigenvalue weighted by atomic mass is 9.94. The normalized spacial score (nSPS) is 17.1. The highest BCUT2D eigenvalue weighted by atomic mass is 79.9. The maximum Gasteiger partial charge on any atom is 0.263 e. The maximum absolute atomic E-state index is 11.6. The molecule has 1 fully saturated rings. The maximum atomic E-state index is 11.6. The number of nitrogens with one attached hydrogen (secondary N) is 1. The van der Waals surface area contributed by atoms with Gasteiger partial charge in [0.15, 0.2) is 0 Å². The lowest BCUT2D eigenvalue weighted by Crippen LogP contribution is -2.17. The molecule has 1 N–H and O–H groups in total. The van der Waals surface area contributed by atoms with E-state index in [1.807, 2.05) is 20.0 Å². The predicted octanol–water partition coefficient (Wildman–Crippen LogP) is 1.20. The minimum absolute atomic E-state index is 0.162. The largest absolute Gasteiger partial charge is 0.495 e. The molecular weight excluding hydrogens is 333 g/mol. The van der Waals surface area contributed by atoms with Crippen molar-refractivity contribution in [2.75, 3.05) is 7.11 Å². The molecule has 1 aromatic rings. The first-order valence-corrected chi connectivity index (χ1v) is 7.12. The Morgan fingerprint density at radius 2 is 2.28 bits per heavy atom. The van der Waals surface area contributed by atoms with E-state index in [9.17, 15) is 4.79 Å². The first-order valence-electron chi connectivity index (χ1n) is 5.10. The third-order valence-corrected chi connectivity index (χ3v) is 4.10. The number of ether oxygens (including phenoxy) is 1. The summed E-state index contributed by atoms with van der Waals surface area (Å²) in [6, 6.07) is 3.93. The molecule has 0 unspecified atom stereocenters. The Hall–Kier alpha value is -0.785. The summed E-state index contributed by atoms with van der Waals surface area (Å²) in [5, 5.41) is 2.59. The van der Waals surface area contributed by atoms with Crippen LogP contribution >= 0.6 is 39.9 Å². The van der Waals surface area contributed by atoms with Crippen LogP contribution in [0.2, 0.25) is 0 Å². The average Bonchev–Trinajstić information content (AvgIpc) is 2.57. The van der Waals surface area contributed by atoms with E-state index in [0.717, 1.165) is 15.5 Å². The number of amides is 1. The van der Waals surface area contributed by atoms with Crippen LogP contribution in [0.4, 0.5) is 0 Å². The summed E-state index contributed by atoms with van der Waals surface area (Å²) in [5.74, 6) is 0.545. The lowest BCUT2D eigenvalue weighted by molar-refractivity contribution is -0.115. The molecule has 1 heterocycles. The fraction of sp³-hybridized carbons (Fsp3) is 0.0909. The minimum Gasteiger partial charge on any atom is -0.495 e. The van der Waals surface area contributed by atoms with Crippen molar-refractivity contribution >= 4 is 69.5 Å². The number of thioether (sulfide) groups is 1. The molecule has 1 saturated heterocycles. The summed E-state index contributed by atoms with van der Waals surface area (Å²) in [6.07, 6.45) is 1.79. The Bertz CT molecular complexity index is 574. The number of methoxy groups -OCH3 is 1. The number of rotatable bonds is 2. The molecule has 2 rings (SSSR count). The van der Waals surface area contributed by atoms with Crippen LogP contribution in [-0.4, -0.2) is 25.2 Å². The summed E-state index contributed by atoms with van der Waals surface area (Å²) in [5.41, 5.74) is 1.94. The van der Waals surface area contributed by atoms with Gasteiger partial charge in [-0.1, -0.05) is 41.6 Å². The zero-order valence-electron chi connectivity index (χ0n) is 9.74. The Kier molecular flexibility index (Phi) is 4.14. The van der Waals surface area contributed by atoms with Gasteiger partial charge in [-0.15, -0.1) is 0 Å². The van der Waals surface area contributed by atoms with Gasteiger partial charge in [0.1, 0.15) is 17.9 Å². The monoisotopic (exact) mass is 341 g/mol. The van der Waals surface area contributed by atoms with Crippen LogP contribution in [-0.2, 0) is 4.79 Å². The number of hydrogen-bond acceptors (Lipinski definition) is 4. The molecule has 0 radical (unpaired) electrons. The first-order chi connectivity index (χ1) is 8.51. The topological polar surface area (TPSA) is 38.3 Å². The van der Waals surface area contributed by atoms with Gasteiger partial charge in [0.05, 0.1) is 16.5 Å². The molecule has 0 aliphatic carbocycles. The van der Waals surface area contributed by atoms with Gasteiger partial charge in [0, 0.05) is 5.56 Å². The summed E-state index contributed by atoms with van der Waals surface area (Å²) in [6.45, 7) is 0. The van der Waals surface area contributed by atoms with Gasteiger partial charge in [0.25, 0.3) is 5.91 Å². The van der Waals surface area contributed by atoms with E-state index in [0.29, 0.717) is 15.0 Å². The Morgan fingerprint density at radius 3 is 2.83 bits per heavy atom. The van der Waals surface area contributed by atoms with Gasteiger partial charge >= 0.3 is 0 Å². The van der Waals surface area contributed by atoms with E-state index in [2.05, 4.69) is 21.2 Å². The van der Waals surface area contributed by atoms with Crippen molar-refractivity contribution in [1.82, 2.24) is 5.32 Å². The highest BCUT2D eigenvalue weighted by Crippen LogP contribution is 2.32. The van der Waals surface area contributed by atoms with Crippen molar-refractivity contribution in [3.05, 3.63) is 27.1 Å². The molecule has 0 aromatic heterocycles. The van der Waals surface area contributed by atoms with Crippen LogP contribution in [0.1, 0.15) is 5.56 Å². The molecule has 1 aromatic carbocycles. The summed E-state index contributed by atoms with van der Waals surface area (Å²) in [4.78, 5) is 12.2. The number of carbonyl (C=O) groups is 1. The fourth-order valence-corrected chi connectivity index (χ4v) is 3.43. The third-order valence-electron chi connectivity index (χ3n) is 2.35. The van der Waals surface area contributed by atoms with Crippen LogP contribution < -0.4 is 15.5 Å². The van der Waals surface area contributed by atoms with E-state index >= 15 is 0 Å². The van der Waals surface area contributed by atoms with Crippen LogP contribution in [0.3, 0.4) is 0 Å². The quantitative estimate of drug-likeness (QED) is 0.498. The molecule has 3 nitrogen and oxygen atoms in total. The number of halogens is 1. The third kappa shape index (κ3) is 2.79. The molecule has 0 spiro atoms. The number of benzene rings is 1. The van der Waals surface area contributed by atoms with Crippen molar-refractivity contribution in [3.63, 3.8) is 0 Å². The Labute approximate surface area is 124 Å². The molecule has 0 saturated carbocycles. The Balaban J connectivity index is 2.48. The molecule has 0 atom stereocenters. The highest BCUT2D eigenvalue weighted by Gasteiger charge is 2.22. The summed E-state index contributed by atoms with van der Waals surface area (Å²) < 4.78 is 6.69. The molecule has 0 bridgehead atoms. The first kappa shape index (κ1) is 13.6. The van der Waals surface area contributed by atoms with Crippen LogP contribution in [0, 0.1) is 0 Å². The van der Waals surface area contributed by atoms with Gasteiger partial charge < -0.3 is 10.1 Å². The van der Waals surface area contributed by atoms with Crippen molar-refractivity contribution in [3.8, 4) is 5.75 Å². The molecule has 1 aliphatic rings. The van der Waals surface area contributed by atoms with Gasteiger partial charge in [0.2, 0.25) is 0 Å². The molecule has 7 heteroatoms. The second kappa shape index (κ2) is 5.46. The second-order valence-corrected chi connectivity index (χ2v) is 6.29. The molecule has 1 amide bonds. The zero-order chi connectivity index (χ0) is 13.3. The summed E-state index contributed by atoms with van der Waals surface area (Å²) in [7, 11) is 3.59. The minimum atomic E-state index is -0.162. The van der Waals surface area contributed by atoms with Crippen molar-refractivity contribution in [2.24, 2.45) is 0 Å². The van der Waals surface area contributed by atoms with Gasteiger partial charge in [-0.25, -0.2) is 0 Å². The number of carbonyl (C=O) groups excluding carboxylic acids is 1. The van der Waals surface area contributed by atoms with Crippen molar-refractivity contribution < 1.29 is 9.53 Å². The van der Waals surface area contributed by atoms with E-state index in [4.69, 9.17) is 17.0 Å². The Morgan fingerprint density at radius 1 is 1.56 bits per heavy atom. The van der Waals surface area contributed by atoms with E-state index < -0.39 is 0 Å². The van der Waals surface area contributed by atoms with Crippen molar-refractivity contribution in [2.45, 2.75) is 0 Å². The molecule has 18 heavy (non-hydrogen) atoms. The van der Waals surface area contributed by atoms with Crippen LogP contribution in [0.15, 0.2) is 21.5 Å². The SMILES string of the molecule is Bc1cc(Br)c(OC)c(/C=C2\SC(=S)NC2=O)c1. The molecular formula is C11H9BBrNO2S2. The van der Waals surface area contributed by atoms with E-state index in [-0.39, 0.29) is 5.91 Å². The standard InChI is InChI=1S/C11H9BBrNO2S2/c1-16-9-5(2-6(12)4-7(9)13)3-8-10(15)14-11(17)18-8/h2-4H,12H2,1H3,(H,14,15,17)/b8-3-. The van der Waals surface area contributed by atoms with Crippen molar-refractivity contribution in [1.29, 1.82) is 0 Å². The van der Waals surface area contributed by atoms with Gasteiger partial charge in [-0.2, -0.15) is 0 Å². The summed E-state index contributed by atoms with van der Waals surface area (Å²) >= 11 is 9.66. The van der Waals surface area contributed by atoms with E-state index in [1.165, 1.54) is 11.8 Å². The molecule has 1 aliphatic heterocycles. The number of hydrogen-bond donors (Lipinski definition) is 1. The lowest BCUT2D eigenvalue weighted by Gasteiger charge is -2.09. The van der Waals surface area contributed by atoms with Gasteiger partial charge in [-0.3, -0.25) is 4.79 Å². The fourth-order valence-electron chi connectivity index (χ4n) is 1.64. The average molecular weight is 342 g/mol. The van der Waals surface area contributed by atoms with Gasteiger partial charge in [-0.05, 0) is 22.0 Å². The highest BCUT2D eigenvalue weighted by molar-refractivity contribution is 9.10. The zero-order valence-corrected chi connectivity index (χ0v) is 13.0. The molecule has 92 valence electrons. The van der Waals surface area contributed by atoms with E-state index in [1.54, 1.807) is 13.2 Å². The van der Waals surface area contributed by atoms with Crippen LogP contribution in [0.5, 0.6) is 5.75 Å². The second-order valence-electron chi connectivity index (χ2n) is 3.72. The number of thiocarbonyl (C=S) groups is 1.